The molecular formula is C24H30N4O6. The molecule has 10 nitrogen and oxygen atoms in total. The minimum Gasteiger partial charge on any atom is -0.493 e. The van der Waals surface area contributed by atoms with Gasteiger partial charge < -0.3 is 24.6 Å². The lowest BCUT2D eigenvalue weighted by atomic mass is 10.1. The van der Waals surface area contributed by atoms with E-state index >= 15 is 0 Å². The maximum Gasteiger partial charge on any atom is 0.293 e. The summed E-state index contributed by atoms with van der Waals surface area (Å²) in [6.07, 6.45) is 0. The quantitative estimate of drug-likeness (QED) is 0.466. The molecule has 0 aromatic heterocycles. The fourth-order valence-electron chi connectivity index (χ4n) is 3.93. The number of nitrogens with zero attached hydrogens (tertiary/aromatic N) is 3. The molecule has 34 heavy (non-hydrogen) atoms. The Morgan fingerprint density at radius 2 is 1.82 bits per heavy atom. The Kier molecular flexibility index (Phi) is 7.93. The standard InChI is InChI=1S/C24H30N4O6/c1-5-34-22-9-7-18(15-23(22)33-4)16(2)25-24(30)19-6-8-20(21(14-19)28(31)32)27-12-10-26(11-13-27)17(3)29/h6-9,14-16H,5,10-13H2,1-4H3,(H,25,30). The molecule has 0 bridgehead atoms. The lowest BCUT2D eigenvalue weighted by molar-refractivity contribution is -0.384. The second kappa shape index (κ2) is 10.9. The van der Waals surface area contributed by atoms with Crippen molar-refractivity contribution in [1.82, 2.24) is 10.2 Å². The van der Waals surface area contributed by atoms with Gasteiger partial charge in [-0.1, -0.05) is 6.07 Å². The second-order valence-electron chi connectivity index (χ2n) is 7.99. The molecule has 1 aliphatic heterocycles. The monoisotopic (exact) mass is 470 g/mol. The average molecular weight is 471 g/mol. The van der Waals surface area contributed by atoms with Gasteiger partial charge in [-0.15, -0.1) is 0 Å². The van der Waals surface area contributed by atoms with Crippen LogP contribution in [0.3, 0.4) is 0 Å². The van der Waals surface area contributed by atoms with Crippen LogP contribution in [-0.2, 0) is 4.79 Å². The molecule has 1 unspecified atom stereocenters. The van der Waals surface area contributed by atoms with E-state index in [4.69, 9.17) is 9.47 Å². The van der Waals surface area contributed by atoms with E-state index in [1.54, 1.807) is 36.3 Å². The lowest BCUT2D eigenvalue weighted by Gasteiger charge is -2.35. The van der Waals surface area contributed by atoms with Crippen LogP contribution in [0.15, 0.2) is 36.4 Å². The third-order valence-electron chi connectivity index (χ3n) is 5.84. The van der Waals surface area contributed by atoms with Crippen LogP contribution in [0.4, 0.5) is 11.4 Å². The smallest absolute Gasteiger partial charge is 0.293 e. The number of carbonyl (C=O) groups excluding carboxylic acids is 2. The summed E-state index contributed by atoms with van der Waals surface area (Å²) >= 11 is 0. The van der Waals surface area contributed by atoms with Gasteiger partial charge in [-0.05, 0) is 43.7 Å². The number of piperazine rings is 1. The summed E-state index contributed by atoms with van der Waals surface area (Å²) in [5, 5.41) is 14.7. The van der Waals surface area contributed by atoms with E-state index in [-0.39, 0.29) is 23.2 Å². The number of nitro groups is 1. The molecule has 1 aliphatic rings. The highest BCUT2D eigenvalue weighted by atomic mass is 16.6. The summed E-state index contributed by atoms with van der Waals surface area (Å²) in [6, 6.07) is 9.53. The van der Waals surface area contributed by atoms with E-state index < -0.39 is 10.8 Å². The molecule has 1 N–H and O–H groups in total. The predicted octanol–water partition coefficient (Wildman–Crippen LogP) is 3.16. The summed E-state index contributed by atoms with van der Waals surface area (Å²) in [5.41, 5.74) is 1.30. The number of hydrogen-bond donors (Lipinski definition) is 1. The minimum atomic E-state index is -0.482. The molecule has 182 valence electrons. The topological polar surface area (TPSA) is 114 Å². The first-order valence-electron chi connectivity index (χ1n) is 11.2. The number of carbonyl (C=O) groups is 2. The van der Waals surface area contributed by atoms with E-state index in [1.165, 1.54) is 13.0 Å². The van der Waals surface area contributed by atoms with Crippen LogP contribution in [-0.4, -0.2) is 61.5 Å². The van der Waals surface area contributed by atoms with E-state index in [0.717, 1.165) is 5.56 Å². The van der Waals surface area contributed by atoms with Crippen molar-refractivity contribution < 1.29 is 24.0 Å². The normalized spacial score (nSPS) is 14.4. The van der Waals surface area contributed by atoms with Gasteiger partial charge >= 0.3 is 0 Å². The van der Waals surface area contributed by atoms with Crippen LogP contribution in [0, 0.1) is 10.1 Å². The molecule has 10 heteroatoms. The van der Waals surface area contributed by atoms with Crippen molar-refractivity contribution in [2.45, 2.75) is 26.8 Å². The zero-order chi connectivity index (χ0) is 24.8. The Balaban J connectivity index is 1.76. The van der Waals surface area contributed by atoms with Gasteiger partial charge in [0.15, 0.2) is 11.5 Å². The van der Waals surface area contributed by atoms with E-state index in [9.17, 15) is 19.7 Å². The van der Waals surface area contributed by atoms with Crippen LogP contribution in [0.5, 0.6) is 11.5 Å². The molecule has 3 rings (SSSR count). The highest BCUT2D eigenvalue weighted by Gasteiger charge is 2.26. The van der Waals surface area contributed by atoms with Gasteiger partial charge in [0.1, 0.15) is 5.69 Å². The van der Waals surface area contributed by atoms with Crippen molar-refractivity contribution in [2.24, 2.45) is 0 Å². The highest BCUT2D eigenvalue weighted by Crippen LogP contribution is 2.32. The SMILES string of the molecule is CCOc1ccc(C(C)NC(=O)c2ccc(N3CCN(C(C)=O)CC3)c([N+](=O)[O-])c2)cc1OC. The lowest BCUT2D eigenvalue weighted by Crippen LogP contribution is -2.48. The Morgan fingerprint density at radius 1 is 1.12 bits per heavy atom. The van der Waals surface area contributed by atoms with Crippen LogP contribution in [0.2, 0.25) is 0 Å². The second-order valence-corrected chi connectivity index (χ2v) is 7.99. The molecule has 2 aromatic rings. The third-order valence-corrected chi connectivity index (χ3v) is 5.84. The summed E-state index contributed by atoms with van der Waals surface area (Å²) in [4.78, 5) is 39.3. The number of anilines is 1. The Morgan fingerprint density at radius 3 is 2.41 bits per heavy atom. The van der Waals surface area contributed by atoms with Crippen molar-refractivity contribution in [3.8, 4) is 11.5 Å². The number of rotatable bonds is 8. The molecule has 0 aliphatic carbocycles. The fourth-order valence-corrected chi connectivity index (χ4v) is 3.93. The maximum atomic E-state index is 12.9. The number of methoxy groups -OCH3 is 1. The molecular weight excluding hydrogens is 440 g/mol. The number of hydrogen-bond acceptors (Lipinski definition) is 7. The van der Waals surface area contributed by atoms with Gasteiger partial charge in [-0.2, -0.15) is 0 Å². The van der Waals surface area contributed by atoms with Gasteiger partial charge in [0.2, 0.25) is 5.91 Å². The van der Waals surface area contributed by atoms with Gasteiger partial charge in [0.05, 0.1) is 24.7 Å². The Bertz CT molecular complexity index is 1070. The minimum absolute atomic E-state index is 0.0135. The molecule has 0 radical (unpaired) electrons. The van der Waals surface area contributed by atoms with Crippen molar-refractivity contribution in [3.63, 3.8) is 0 Å². The molecule has 1 fully saturated rings. The first-order chi connectivity index (χ1) is 16.2. The highest BCUT2D eigenvalue weighted by molar-refractivity contribution is 5.96. The van der Waals surface area contributed by atoms with E-state index in [2.05, 4.69) is 5.32 Å². The zero-order valence-electron chi connectivity index (χ0n) is 19.9. The van der Waals surface area contributed by atoms with E-state index in [0.29, 0.717) is 50.0 Å². The summed E-state index contributed by atoms with van der Waals surface area (Å²) in [7, 11) is 1.55. The van der Waals surface area contributed by atoms with Crippen LogP contribution in [0.1, 0.15) is 42.7 Å². The molecule has 1 atom stereocenters. The van der Waals surface area contributed by atoms with Crippen LogP contribution >= 0.6 is 0 Å². The molecule has 1 heterocycles. The van der Waals surface area contributed by atoms with Crippen molar-refractivity contribution in [2.75, 3.05) is 44.8 Å². The largest absolute Gasteiger partial charge is 0.493 e. The number of nitrogens with one attached hydrogen (secondary N) is 1. The summed E-state index contributed by atoms with van der Waals surface area (Å²) < 4.78 is 10.9. The average Bonchev–Trinajstić information content (AvgIpc) is 2.84. The molecule has 2 amide bonds. The first-order valence-corrected chi connectivity index (χ1v) is 11.2. The number of amides is 2. The summed E-state index contributed by atoms with van der Waals surface area (Å²) in [5.74, 6) is 0.741. The first kappa shape index (κ1) is 24.8. The molecule has 2 aromatic carbocycles. The van der Waals surface area contributed by atoms with Crippen molar-refractivity contribution in [3.05, 3.63) is 57.6 Å². The van der Waals surface area contributed by atoms with Gasteiger partial charge in [0.25, 0.3) is 11.6 Å². The third kappa shape index (κ3) is 5.56. The molecule has 0 saturated carbocycles. The van der Waals surface area contributed by atoms with Crippen molar-refractivity contribution >= 4 is 23.2 Å². The van der Waals surface area contributed by atoms with Crippen LogP contribution in [0.25, 0.3) is 0 Å². The number of ether oxygens (including phenoxy) is 2. The number of nitro benzene ring substituents is 1. The predicted molar refractivity (Wildman–Crippen MR) is 128 cm³/mol. The zero-order valence-corrected chi connectivity index (χ0v) is 19.9. The summed E-state index contributed by atoms with van der Waals surface area (Å²) in [6.45, 7) is 7.69. The molecule has 1 saturated heterocycles. The fraction of sp³-hybridized carbons (Fsp3) is 0.417. The van der Waals surface area contributed by atoms with Crippen molar-refractivity contribution in [1.29, 1.82) is 0 Å². The Hall–Kier alpha value is -3.82. The maximum absolute atomic E-state index is 12.9. The van der Waals surface area contributed by atoms with Gasteiger partial charge in [0, 0.05) is 44.7 Å². The van der Waals surface area contributed by atoms with Gasteiger partial charge in [-0.25, -0.2) is 0 Å². The van der Waals surface area contributed by atoms with E-state index in [1.807, 2.05) is 24.8 Å². The van der Waals surface area contributed by atoms with Crippen LogP contribution < -0.4 is 19.7 Å². The van der Waals surface area contributed by atoms with Gasteiger partial charge in [-0.3, -0.25) is 19.7 Å². The molecule has 0 spiro atoms. The number of benzene rings is 2. The Labute approximate surface area is 198 Å².